The molecular weight excluding hydrogens is 136 g/mol. The quantitative estimate of drug-likeness (QED) is 0.554. The first kappa shape index (κ1) is 9.05. The van der Waals surface area contributed by atoms with Crippen LogP contribution < -0.4 is 0 Å². The molecule has 65 valence electrons. The Morgan fingerprint density at radius 3 is 1.91 bits per heavy atom. The lowest BCUT2D eigenvalue weighted by molar-refractivity contribution is 0.0408. The summed E-state index contributed by atoms with van der Waals surface area (Å²) in [5, 5.41) is 11.1. The van der Waals surface area contributed by atoms with Gasteiger partial charge in [-0.25, -0.2) is 5.11 Å². The van der Waals surface area contributed by atoms with Crippen molar-refractivity contribution < 1.29 is 5.11 Å². The second-order valence-electron chi connectivity index (χ2n) is 3.81. The van der Waals surface area contributed by atoms with Gasteiger partial charge in [0, 0.05) is 0 Å². The average molecular weight is 155 g/mol. The van der Waals surface area contributed by atoms with Crippen molar-refractivity contribution in [2.24, 2.45) is 5.92 Å². The molecule has 1 atom stereocenters. The summed E-state index contributed by atoms with van der Waals surface area (Å²) in [4.78, 5) is 0. The fraction of sp³-hybridized carbons (Fsp3) is 1.00. The molecule has 0 saturated heterocycles. The van der Waals surface area contributed by atoms with E-state index in [1.807, 2.05) is 6.92 Å². The third kappa shape index (κ3) is 3.24. The van der Waals surface area contributed by atoms with Crippen molar-refractivity contribution in [3.8, 4) is 0 Å². The molecular formula is C10H19O. The van der Waals surface area contributed by atoms with Crippen LogP contribution in [0.2, 0.25) is 0 Å². The van der Waals surface area contributed by atoms with Crippen LogP contribution in [0.3, 0.4) is 0 Å². The van der Waals surface area contributed by atoms with Crippen molar-refractivity contribution in [2.45, 2.75) is 58.0 Å². The summed E-state index contributed by atoms with van der Waals surface area (Å²) >= 11 is 0. The standard InChI is InChI=1S/C10H19O/c1-9(11)10-7-5-3-2-4-6-8-10/h9-10H,2-8H2,1H3. The fourth-order valence-electron chi connectivity index (χ4n) is 1.96. The highest BCUT2D eigenvalue weighted by molar-refractivity contribution is 4.67. The summed E-state index contributed by atoms with van der Waals surface area (Å²) in [5.74, 6) is 0.482. The molecule has 0 aromatic carbocycles. The summed E-state index contributed by atoms with van der Waals surface area (Å²) in [6.07, 6.45) is 8.71. The topological polar surface area (TPSA) is 19.9 Å². The largest absolute Gasteiger partial charge is 0.233 e. The van der Waals surface area contributed by atoms with Gasteiger partial charge in [0.1, 0.15) is 0 Å². The van der Waals surface area contributed by atoms with Crippen LogP contribution in [-0.4, -0.2) is 6.10 Å². The smallest absolute Gasteiger partial charge is 0.0930 e. The zero-order valence-electron chi connectivity index (χ0n) is 7.51. The lowest BCUT2D eigenvalue weighted by Crippen LogP contribution is -2.16. The molecule has 0 bridgehead atoms. The van der Waals surface area contributed by atoms with Crippen LogP contribution in [0.5, 0.6) is 0 Å². The van der Waals surface area contributed by atoms with Crippen LogP contribution in [-0.2, 0) is 5.11 Å². The Hall–Kier alpha value is -0.0400. The molecule has 0 spiro atoms. The van der Waals surface area contributed by atoms with Crippen molar-refractivity contribution in [3.63, 3.8) is 0 Å². The summed E-state index contributed by atoms with van der Waals surface area (Å²) in [6.45, 7) is 1.83. The van der Waals surface area contributed by atoms with Gasteiger partial charge in [-0.15, -0.1) is 0 Å². The summed E-state index contributed by atoms with van der Waals surface area (Å²) in [7, 11) is 0. The Bertz CT molecular complexity index is 91.0. The van der Waals surface area contributed by atoms with Crippen LogP contribution in [0, 0.1) is 5.92 Å². The molecule has 1 heteroatoms. The predicted octanol–water partition coefficient (Wildman–Crippen LogP) is 3.17. The third-order valence-corrected chi connectivity index (χ3v) is 2.81. The van der Waals surface area contributed by atoms with Gasteiger partial charge in [-0.1, -0.05) is 32.1 Å². The van der Waals surface area contributed by atoms with Crippen molar-refractivity contribution in [2.75, 3.05) is 0 Å². The molecule has 0 aliphatic heterocycles. The van der Waals surface area contributed by atoms with Gasteiger partial charge < -0.3 is 0 Å². The predicted molar refractivity (Wildman–Crippen MR) is 46.0 cm³/mol. The Morgan fingerprint density at radius 2 is 1.45 bits per heavy atom. The Morgan fingerprint density at radius 1 is 1.00 bits per heavy atom. The van der Waals surface area contributed by atoms with Gasteiger partial charge in [0.05, 0.1) is 6.10 Å². The zero-order chi connectivity index (χ0) is 8.10. The highest BCUT2D eigenvalue weighted by Gasteiger charge is 2.16. The van der Waals surface area contributed by atoms with Gasteiger partial charge in [0.15, 0.2) is 0 Å². The molecule has 0 aromatic heterocycles. The summed E-state index contributed by atoms with van der Waals surface area (Å²) in [5.41, 5.74) is 0. The van der Waals surface area contributed by atoms with E-state index >= 15 is 0 Å². The van der Waals surface area contributed by atoms with E-state index in [2.05, 4.69) is 0 Å². The molecule has 0 heterocycles. The molecule has 11 heavy (non-hydrogen) atoms. The first-order valence-corrected chi connectivity index (χ1v) is 4.96. The SMILES string of the molecule is CC([O])C1CCCCCCC1. The maximum atomic E-state index is 11.1. The molecule has 1 saturated carbocycles. The molecule has 1 nitrogen and oxygen atoms in total. The fourth-order valence-corrected chi connectivity index (χ4v) is 1.96. The maximum absolute atomic E-state index is 11.1. The average Bonchev–Trinajstić information content (AvgIpc) is 1.84. The van der Waals surface area contributed by atoms with Gasteiger partial charge in [-0.2, -0.15) is 0 Å². The second kappa shape index (κ2) is 4.76. The first-order chi connectivity index (χ1) is 5.30. The normalized spacial score (nSPS) is 25.6. The van der Waals surface area contributed by atoms with Crippen LogP contribution in [0.25, 0.3) is 0 Å². The minimum Gasteiger partial charge on any atom is -0.233 e. The maximum Gasteiger partial charge on any atom is 0.0930 e. The van der Waals surface area contributed by atoms with Crippen molar-refractivity contribution >= 4 is 0 Å². The highest BCUT2D eigenvalue weighted by atomic mass is 16.3. The third-order valence-electron chi connectivity index (χ3n) is 2.81. The molecule has 0 N–H and O–H groups in total. The van der Waals surface area contributed by atoms with E-state index in [1.165, 1.54) is 44.9 Å². The minimum absolute atomic E-state index is 0.326. The minimum atomic E-state index is -0.326. The molecule has 1 aliphatic rings. The van der Waals surface area contributed by atoms with E-state index in [1.54, 1.807) is 0 Å². The van der Waals surface area contributed by atoms with Crippen LogP contribution in [0.1, 0.15) is 51.9 Å². The Labute approximate surface area is 69.8 Å². The van der Waals surface area contributed by atoms with Crippen LogP contribution in [0.15, 0.2) is 0 Å². The first-order valence-electron chi connectivity index (χ1n) is 4.96. The molecule has 1 fully saturated rings. The van der Waals surface area contributed by atoms with E-state index in [0.717, 1.165) is 0 Å². The summed E-state index contributed by atoms with van der Waals surface area (Å²) < 4.78 is 0. The van der Waals surface area contributed by atoms with E-state index in [9.17, 15) is 5.11 Å². The molecule has 0 amide bonds. The van der Waals surface area contributed by atoms with E-state index < -0.39 is 0 Å². The Kier molecular flexibility index (Phi) is 3.92. The Balaban J connectivity index is 2.26. The number of rotatable bonds is 1. The van der Waals surface area contributed by atoms with Crippen LogP contribution >= 0.6 is 0 Å². The second-order valence-corrected chi connectivity index (χ2v) is 3.81. The van der Waals surface area contributed by atoms with E-state index in [-0.39, 0.29) is 6.10 Å². The van der Waals surface area contributed by atoms with Crippen molar-refractivity contribution in [1.29, 1.82) is 0 Å². The van der Waals surface area contributed by atoms with E-state index in [0.29, 0.717) is 5.92 Å². The van der Waals surface area contributed by atoms with Gasteiger partial charge in [0.2, 0.25) is 0 Å². The summed E-state index contributed by atoms with van der Waals surface area (Å²) in [6, 6.07) is 0. The number of hydrogen-bond donors (Lipinski definition) is 0. The highest BCUT2D eigenvalue weighted by Crippen LogP contribution is 2.24. The lowest BCUT2D eigenvalue weighted by atomic mass is 9.88. The lowest BCUT2D eigenvalue weighted by Gasteiger charge is -2.20. The molecule has 1 aliphatic carbocycles. The van der Waals surface area contributed by atoms with Gasteiger partial charge >= 0.3 is 0 Å². The molecule has 1 rings (SSSR count). The van der Waals surface area contributed by atoms with Crippen LogP contribution in [0.4, 0.5) is 0 Å². The zero-order valence-corrected chi connectivity index (χ0v) is 7.51. The number of hydrogen-bond acceptors (Lipinski definition) is 0. The monoisotopic (exact) mass is 155 g/mol. The van der Waals surface area contributed by atoms with Gasteiger partial charge in [-0.05, 0) is 25.7 Å². The molecule has 1 radical (unpaired) electrons. The van der Waals surface area contributed by atoms with Crippen molar-refractivity contribution in [1.82, 2.24) is 0 Å². The molecule has 0 aromatic rings. The molecule has 1 unspecified atom stereocenters. The van der Waals surface area contributed by atoms with E-state index in [4.69, 9.17) is 0 Å². The van der Waals surface area contributed by atoms with Gasteiger partial charge in [-0.3, -0.25) is 0 Å². The van der Waals surface area contributed by atoms with Crippen molar-refractivity contribution in [3.05, 3.63) is 0 Å². The van der Waals surface area contributed by atoms with Gasteiger partial charge in [0.25, 0.3) is 0 Å².